The van der Waals surface area contributed by atoms with Gasteiger partial charge in [0.05, 0.1) is 6.54 Å². The summed E-state index contributed by atoms with van der Waals surface area (Å²) < 4.78 is 1.24. The van der Waals surface area contributed by atoms with Crippen molar-refractivity contribution in [2.24, 2.45) is 0 Å². The third kappa shape index (κ3) is 6.26. The highest BCUT2D eigenvalue weighted by Gasteiger charge is 2.26. The molecule has 192 valence electrons. The smallest absolute Gasteiger partial charge is 0.267 e. The average molecular weight is 512 g/mol. The maximum Gasteiger partial charge on any atom is 0.292 e. The van der Waals surface area contributed by atoms with Gasteiger partial charge in [0.1, 0.15) is 0 Å². The monoisotopic (exact) mass is 511 g/mol. The Morgan fingerprint density at radius 1 is 0.632 bits per heavy atom. The Hall–Kier alpha value is -5.32. The Balaban J connectivity index is 1.51. The predicted octanol–water partition coefficient (Wildman–Crippen LogP) is 2.09. The van der Waals surface area contributed by atoms with Crippen LogP contribution in [0.5, 0.6) is 0 Å². The second-order valence-corrected chi connectivity index (χ2v) is 8.48. The Labute approximate surface area is 218 Å². The van der Waals surface area contributed by atoms with Gasteiger partial charge in [-0.1, -0.05) is 70.9 Å². The van der Waals surface area contributed by atoms with E-state index in [1.807, 2.05) is 44.2 Å². The van der Waals surface area contributed by atoms with Gasteiger partial charge < -0.3 is 0 Å². The van der Waals surface area contributed by atoms with Crippen LogP contribution < -0.4 is 21.7 Å². The quantitative estimate of drug-likeness (QED) is 0.292. The molecule has 0 saturated heterocycles. The van der Waals surface area contributed by atoms with Gasteiger partial charge in [0.2, 0.25) is 0 Å². The van der Waals surface area contributed by atoms with Gasteiger partial charge in [0.15, 0.2) is 11.4 Å². The molecule has 0 radical (unpaired) electrons. The van der Waals surface area contributed by atoms with Gasteiger partial charge in [-0.05, 0) is 43.7 Å². The molecule has 1 aromatic heterocycles. The van der Waals surface area contributed by atoms with Crippen LogP contribution in [0.15, 0.2) is 78.9 Å². The van der Waals surface area contributed by atoms with Crippen molar-refractivity contribution in [3.05, 3.63) is 118 Å². The molecule has 4 aromatic rings. The van der Waals surface area contributed by atoms with E-state index in [2.05, 4.69) is 32.0 Å². The molecular formula is C27H25N7O4. The molecular weight excluding hydrogens is 486 g/mol. The first-order valence-electron chi connectivity index (χ1n) is 11.6. The SMILES string of the molecule is Cc1ccc(C(=O)NNC(=O)c2nnn(Cc3ccccc3)c2C(=O)NNC(=O)c2ccc(C)cc2)cc1. The van der Waals surface area contributed by atoms with Crippen LogP contribution in [0.1, 0.15) is 58.4 Å². The van der Waals surface area contributed by atoms with E-state index in [1.54, 1.807) is 48.5 Å². The Kier molecular flexibility index (Phi) is 7.87. The maximum absolute atomic E-state index is 13.1. The summed E-state index contributed by atoms with van der Waals surface area (Å²) in [6.07, 6.45) is 0. The number of aryl methyl sites for hydroxylation is 2. The molecule has 0 saturated carbocycles. The lowest BCUT2D eigenvalue weighted by Crippen LogP contribution is -2.45. The summed E-state index contributed by atoms with van der Waals surface area (Å²) in [4.78, 5) is 50.9. The number of benzene rings is 3. The highest BCUT2D eigenvalue weighted by Crippen LogP contribution is 2.10. The number of hydrogen-bond donors (Lipinski definition) is 4. The van der Waals surface area contributed by atoms with Gasteiger partial charge in [-0.15, -0.1) is 5.10 Å². The topological polar surface area (TPSA) is 147 Å². The van der Waals surface area contributed by atoms with Crippen molar-refractivity contribution in [3.8, 4) is 0 Å². The van der Waals surface area contributed by atoms with E-state index < -0.39 is 23.6 Å². The van der Waals surface area contributed by atoms with Crippen LogP contribution in [0, 0.1) is 13.8 Å². The second kappa shape index (κ2) is 11.6. The van der Waals surface area contributed by atoms with Crippen LogP contribution >= 0.6 is 0 Å². The van der Waals surface area contributed by atoms with Gasteiger partial charge in [0.25, 0.3) is 23.6 Å². The minimum absolute atomic E-state index is 0.130. The summed E-state index contributed by atoms with van der Waals surface area (Å²) in [6.45, 7) is 3.91. The zero-order valence-corrected chi connectivity index (χ0v) is 20.7. The number of carbonyl (C=O) groups excluding carboxylic acids is 4. The van der Waals surface area contributed by atoms with Gasteiger partial charge in [-0.25, -0.2) is 4.68 Å². The first kappa shape index (κ1) is 25.8. The maximum atomic E-state index is 13.1. The van der Waals surface area contributed by atoms with Crippen molar-refractivity contribution in [1.82, 2.24) is 36.7 Å². The van der Waals surface area contributed by atoms with Gasteiger partial charge >= 0.3 is 0 Å². The van der Waals surface area contributed by atoms with Gasteiger partial charge in [-0.3, -0.25) is 40.9 Å². The molecule has 38 heavy (non-hydrogen) atoms. The second-order valence-electron chi connectivity index (χ2n) is 8.48. The fraction of sp³-hybridized carbons (Fsp3) is 0.111. The molecule has 1 heterocycles. The van der Waals surface area contributed by atoms with Crippen LogP contribution in [0.4, 0.5) is 0 Å². The molecule has 4 amide bonds. The van der Waals surface area contributed by atoms with E-state index >= 15 is 0 Å². The minimum Gasteiger partial charge on any atom is -0.267 e. The lowest BCUT2D eigenvalue weighted by molar-refractivity contribution is 0.0825. The van der Waals surface area contributed by atoms with Gasteiger partial charge in [-0.2, -0.15) is 0 Å². The molecule has 3 aromatic carbocycles. The van der Waals surface area contributed by atoms with Crippen molar-refractivity contribution >= 4 is 23.6 Å². The summed E-state index contributed by atoms with van der Waals surface area (Å²) in [5, 5.41) is 7.83. The van der Waals surface area contributed by atoms with E-state index in [-0.39, 0.29) is 17.9 Å². The van der Waals surface area contributed by atoms with Crippen LogP contribution in [-0.2, 0) is 6.54 Å². The highest BCUT2D eigenvalue weighted by atomic mass is 16.2. The third-order valence-electron chi connectivity index (χ3n) is 5.55. The molecule has 0 aliphatic heterocycles. The van der Waals surface area contributed by atoms with Crippen LogP contribution in [0.3, 0.4) is 0 Å². The standard InChI is InChI=1S/C27H25N7O4/c1-17-8-12-20(13-9-17)24(35)29-31-26(37)22-23(34(33-28-22)16-19-6-4-3-5-7-19)27(38)32-30-25(36)21-14-10-18(2)11-15-21/h3-15H,16H2,1-2H3,(H,29,35)(H,30,36)(H,31,37)(H,32,38). The number of hydrogen-bond acceptors (Lipinski definition) is 6. The zero-order chi connectivity index (χ0) is 27.1. The lowest BCUT2D eigenvalue weighted by atomic mass is 10.1. The van der Waals surface area contributed by atoms with E-state index in [0.717, 1.165) is 16.7 Å². The molecule has 11 heteroatoms. The number of amides is 4. The molecule has 11 nitrogen and oxygen atoms in total. The summed E-state index contributed by atoms with van der Waals surface area (Å²) in [5.74, 6) is -2.77. The van der Waals surface area contributed by atoms with Crippen molar-refractivity contribution in [1.29, 1.82) is 0 Å². The largest absolute Gasteiger partial charge is 0.292 e. The zero-order valence-electron chi connectivity index (χ0n) is 20.7. The van der Waals surface area contributed by atoms with Crippen molar-refractivity contribution < 1.29 is 19.2 Å². The molecule has 4 rings (SSSR count). The summed E-state index contributed by atoms with van der Waals surface area (Å²) in [6, 6.07) is 22.7. The minimum atomic E-state index is -0.861. The van der Waals surface area contributed by atoms with Crippen molar-refractivity contribution in [2.75, 3.05) is 0 Å². The number of hydrazine groups is 2. The molecule has 0 atom stereocenters. The van der Waals surface area contributed by atoms with E-state index in [4.69, 9.17) is 0 Å². The Morgan fingerprint density at radius 3 is 1.63 bits per heavy atom. The van der Waals surface area contributed by atoms with Crippen LogP contribution in [0.2, 0.25) is 0 Å². The first-order chi connectivity index (χ1) is 18.3. The molecule has 0 bridgehead atoms. The first-order valence-corrected chi connectivity index (χ1v) is 11.6. The molecule has 4 N–H and O–H groups in total. The number of nitrogens with zero attached hydrogens (tertiary/aromatic N) is 3. The van der Waals surface area contributed by atoms with Crippen molar-refractivity contribution in [3.63, 3.8) is 0 Å². The molecule has 0 fully saturated rings. The third-order valence-corrected chi connectivity index (χ3v) is 5.55. The molecule has 0 spiro atoms. The predicted molar refractivity (Wildman–Crippen MR) is 138 cm³/mol. The Bertz CT molecular complexity index is 1460. The fourth-order valence-electron chi connectivity index (χ4n) is 3.46. The number of rotatable bonds is 6. The average Bonchev–Trinajstić information content (AvgIpc) is 3.35. The number of aromatic nitrogens is 3. The van der Waals surface area contributed by atoms with E-state index in [0.29, 0.717) is 11.1 Å². The fourth-order valence-corrected chi connectivity index (χ4v) is 3.46. The number of carbonyl (C=O) groups is 4. The van der Waals surface area contributed by atoms with Crippen LogP contribution in [-0.4, -0.2) is 38.6 Å². The van der Waals surface area contributed by atoms with E-state index in [1.165, 1.54) is 4.68 Å². The molecule has 0 unspecified atom stereocenters. The number of nitrogens with one attached hydrogen (secondary N) is 4. The molecule has 0 aliphatic carbocycles. The summed E-state index contributed by atoms with van der Waals surface area (Å²) >= 11 is 0. The summed E-state index contributed by atoms with van der Waals surface area (Å²) in [7, 11) is 0. The van der Waals surface area contributed by atoms with Gasteiger partial charge in [0, 0.05) is 11.1 Å². The lowest BCUT2D eigenvalue weighted by Gasteiger charge is -2.11. The normalized spacial score (nSPS) is 10.4. The van der Waals surface area contributed by atoms with E-state index in [9.17, 15) is 19.2 Å². The van der Waals surface area contributed by atoms with Crippen molar-refractivity contribution in [2.45, 2.75) is 20.4 Å². The molecule has 0 aliphatic rings. The Morgan fingerprint density at radius 2 is 1.11 bits per heavy atom. The van der Waals surface area contributed by atoms with Crippen LogP contribution in [0.25, 0.3) is 0 Å². The highest BCUT2D eigenvalue weighted by molar-refractivity contribution is 6.06. The summed E-state index contributed by atoms with van der Waals surface area (Å²) in [5.41, 5.74) is 12.1.